The Kier molecular flexibility index (Phi) is 18.1. The van der Waals surface area contributed by atoms with Crippen molar-refractivity contribution in [3.05, 3.63) is 215 Å². The van der Waals surface area contributed by atoms with Crippen LogP contribution in [-0.2, 0) is 92.8 Å². The van der Waals surface area contributed by atoms with E-state index in [2.05, 4.69) is 5.32 Å². The van der Waals surface area contributed by atoms with Gasteiger partial charge in [-0.05, 0) is 29.2 Å². The van der Waals surface area contributed by atoms with Crippen LogP contribution in [-0.4, -0.2) is 116 Å². The van der Waals surface area contributed by atoms with Gasteiger partial charge in [-0.1, -0.05) is 182 Å². The molecule has 0 unspecified atom stereocenters. The standard InChI is InChI=1S/C62H67NO15/c1-39-51(66-33-41-21-9-3-10-22-41)56(67-34-42-23-11-4-12-24-42)57(68-35-43-25-13-5-14-26-43)62(72-39)78-55-50(65)52-47(37-70-58(75-52)45-29-17-7-18-30-45)74-61(55)77-54-49(63-40(2)64)60(69-36-44-27-15-6-16-28-44)73-48-38-71-59(76-53(48)54)46-31-19-8-20-32-46/h3-32,39,47-62,65H,33-38H2,1-2H3,(H,63,64)/t39-,47-,48+,49+,50+,51+,52-,53-,54-,55+,56-,57-,58+,59+,60-,61+,62+/m0/s1. The van der Waals surface area contributed by atoms with Gasteiger partial charge in [0.2, 0.25) is 5.91 Å². The monoisotopic (exact) mass is 1070 g/mol. The molecule has 410 valence electrons. The summed E-state index contributed by atoms with van der Waals surface area (Å²) in [4.78, 5) is 13.4. The van der Waals surface area contributed by atoms with Crippen molar-refractivity contribution in [1.82, 2.24) is 5.32 Å². The van der Waals surface area contributed by atoms with E-state index in [4.69, 9.17) is 61.6 Å². The normalized spacial score (nSPS) is 32.8. The molecule has 6 aromatic carbocycles. The lowest BCUT2D eigenvalue weighted by Gasteiger charge is -2.53. The second-order valence-electron chi connectivity index (χ2n) is 20.1. The summed E-state index contributed by atoms with van der Waals surface area (Å²) < 4.78 is 88.2. The van der Waals surface area contributed by atoms with Gasteiger partial charge in [-0.25, -0.2) is 0 Å². The van der Waals surface area contributed by atoms with Crippen LogP contribution in [0.2, 0.25) is 0 Å². The fraction of sp³-hybridized carbons (Fsp3) is 0.403. The van der Waals surface area contributed by atoms with Crippen LogP contribution in [0.4, 0.5) is 0 Å². The quantitative estimate of drug-likeness (QED) is 0.0800. The molecular formula is C62H67NO15. The van der Waals surface area contributed by atoms with E-state index in [1.165, 1.54) is 6.92 Å². The Labute approximate surface area is 454 Å². The van der Waals surface area contributed by atoms with E-state index >= 15 is 0 Å². The number of hydrogen-bond acceptors (Lipinski definition) is 15. The zero-order valence-corrected chi connectivity index (χ0v) is 43.5. The molecule has 5 fully saturated rings. The summed E-state index contributed by atoms with van der Waals surface area (Å²) in [6.07, 6.45) is -15.7. The number of aliphatic hydroxyl groups is 1. The highest BCUT2D eigenvalue weighted by Gasteiger charge is 2.58. The Morgan fingerprint density at radius 3 is 1.36 bits per heavy atom. The van der Waals surface area contributed by atoms with Crippen molar-refractivity contribution in [2.75, 3.05) is 13.2 Å². The van der Waals surface area contributed by atoms with Crippen LogP contribution >= 0.6 is 0 Å². The van der Waals surface area contributed by atoms with Gasteiger partial charge in [-0.15, -0.1) is 0 Å². The molecule has 0 radical (unpaired) electrons. The van der Waals surface area contributed by atoms with E-state index in [0.717, 1.165) is 33.4 Å². The summed E-state index contributed by atoms with van der Waals surface area (Å²) >= 11 is 0. The average Bonchev–Trinajstić information content (AvgIpc) is 3.59. The molecule has 16 heteroatoms. The first-order chi connectivity index (χ1) is 38.3. The Bertz CT molecular complexity index is 2750. The minimum atomic E-state index is -1.43. The molecule has 6 aromatic rings. The van der Waals surface area contributed by atoms with E-state index in [9.17, 15) is 9.90 Å². The average molecular weight is 1070 g/mol. The van der Waals surface area contributed by atoms with Crippen molar-refractivity contribution in [3.63, 3.8) is 0 Å². The molecule has 0 bridgehead atoms. The van der Waals surface area contributed by atoms with E-state index in [1.54, 1.807) is 0 Å². The first kappa shape index (κ1) is 54.2. The summed E-state index contributed by atoms with van der Waals surface area (Å²) in [5.74, 6) is -0.372. The number of aliphatic hydroxyl groups excluding tert-OH is 1. The maximum absolute atomic E-state index is 13.4. The minimum Gasteiger partial charge on any atom is -0.387 e. The number of fused-ring (bicyclic) bond motifs is 2. The van der Waals surface area contributed by atoms with E-state index in [0.29, 0.717) is 0 Å². The molecular weight excluding hydrogens is 999 g/mol. The lowest BCUT2D eigenvalue weighted by atomic mass is 9.93. The summed E-state index contributed by atoms with van der Waals surface area (Å²) in [6, 6.07) is 57.3. The predicted octanol–water partition coefficient (Wildman–Crippen LogP) is 8.02. The molecule has 0 saturated carbocycles. The summed E-state index contributed by atoms with van der Waals surface area (Å²) in [7, 11) is 0. The van der Waals surface area contributed by atoms with Crippen molar-refractivity contribution in [1.29, 1.82) is 0 Å². The number of carbonyl (C=O) groups excluding carboxylic acids is 1. The molecule has 11 rings (SSSR count). The maximum atomic E-state index is 13.4. The van der Waals surface area contributed by atoms with Gasteiger partial charge in [-0.3, -0.25) is 4.79 Å². The van der Waals surface area contributed by atoms with Crippen LogP contribution in [0.25, 0.3) is 0 Å². The Morgan fingerprint density at radius 1 is 0.462 bits per heavy atom. The molecule has 5 saturated heterocycles. The number of hydrogen-bond donors (Lipinski definition) is 2. The smallest absolute Gasteiger partial charge is 0.217 e. The lowest BCUT2D eigenvalue weighted by molar-refractivity contribution is -0.415. The first-order valence-electron chi connectivity index (χ1n) is 26.8. The van der Waals surface area contributed by atoms with Crippen molar-refractivity contribution in [2.24, 2.45) is 0 Å². The molecule has 0 spiro atoms. The van der Waals surface area contributed by atoms with Gasteiger partial charge in [0, 0.05) is 18.1 Å². The van der Waals surface area contributed by atoms with Crippen LogP contribution in [0.1, 0.15) is 59.8 Å². The largest absolute Gasteiger partial charge is 0.387 e. The van der Waals surface area contributed by atoms with Gasteiger partial charge >= 0.3 is 0 Å². The molecule has 5 aliphatic heterocycles. The molecule has 5 heterocycles. The molecule has 16 nitrogen and oxygen atoms in total. The first-order valence-corrected chi connectivity index (χ1v) is 26.8. The number of ether oxygens (including phenoxy) is 13. The van der Waals surface area contributed by atoms with Crippen molar-refractivity contribution < 1.29 is 71.5 Å². The SMILES string of the molecule is CC(=O)N[C@H]1[C@@H](OCc2ccccc2)O[C@@H]2CO[C@@H](c3ccccc3)O[C@@H]2[C@H]1O[C@H]1O[C@H]2CO[C@@H](c3ccccc3)O[C@@H]2[C@@H](O)[C@H]1O[C@H]1O[C@@H](C)[C@@H](OCc2ccccc2)[C@H](OCc2ccccc2)[C@@H]1OCc1ccccc1. The van der Waals surface area contributed by atoms with Crippen molar-refractivity contribution >= 4 is 5.91 Å². The van der Waals surface area contributed by atoms with Gasteiger partial charge in [0.25, 0.3) is 0 Å². The molecule has 2 N–H and O–H groups in total. The topological polar surface area (TPSA) is 169 Å². The fourth-order valence-electron chi connectivity index (χ4n) is 10.7. The number of rotatable bonds is 19. The van der Waals surface area contributed by atoms with Gasteiger partial charge in [0.15, 0.2) is 31.5 Å². The van der Waals surface area contributed by atoms with Crippen LogP contribution in [0.15, 0.2) is 182 Å². The van der Waals surface area contributed by atoms with Gasteiger partial charge in [0.05, 0.1) is 45.7 Å². The summed E-state index contributed by atoms with van der Waals surface area (Å²) in [5, 5.41) is 16.1. The predicted molar refractivity (Wildman–Crippen MR) is 281 cm³/mol. The second-order valence-corrected chi connectivity index (χ2v) is 20.1. The van der Waals surface area contributed by atoms with Crippen LogP contribution < -0.4 is 5.32 Å². The number of benzene rings is 6. The van der Waals surface area contributed by atoms with Gasteiger partial charge in [-0.2, -0.15) is 0 Å². The third kappa shape index (κ3) is 13.1. The van der Waals surface area contributed by atoms with E-state index in [-0.39, 0.29) is 45.5 Å². The second kappa shape index (κ2) is 26.0. The zero-order chi connectivity index (χ0) is 53.2. The highest BCUT2D eigenvalue weighted by atomic mass is 16.8. The number of amides is 1. The summed E-state index contributed by atoms with van der Waals surface area (Å²) in [6.45, 7) is 4.24. The molecule has 5 aliphatic rings. The van der Waals surface area contributed by atoms with Crippen LogP contribution in [0.3, 0.4) is 0 Å². The van der Waals surface area contributed by atoms with E-state index in [1.807, 2.05) is 189 Å². The number of nitrogens with one attached hydrogen (secondary N) is 1. The lowest BCUT2D eigenvalue weighted by Crippen LogP contribution is -2.70. The molecule has 0 aliphatic carbocycles. The fourth-order valence-corrected chi connectivity index (χ4v) is 10.7. The van der Waals surface area contributed by atoms with Crippen molar-refractivity contribution in [2.45, 2.75) is 145 Å². The Morgan fingerprint density at radius 2 is 0.859 bits per heavy atom. The van der Waals surface area contributed by atoms with Gasteiger partial charge in [0.1, 0.15) is 67.1 Å². The minimum absolute atomic E-state index is 0.0294. The molecule has 78 heavy (non-hydrogen) atoms. The third-order valence-electron chi connectivity index (χ3n) is 14.6. The Hall–Kier alpha value is -5.77. The van der Waals surface area contributed by atoms with Crippen LogP contribution in [0.5, 0.6) is 0 Å². The third-order valence-corrected chi connectivity index (χ3v) is 14.6. The highest BCUT2D eigenvalue weighted by molar-refractivity contribution is 5.73. The zero-order valence-electron chi connectivity index (χ0n) is 43.5. The van der Waals surface area contributed by atoms with E-state index < -0.39 is 105 Å². The molecule has 17 atom stereocenters. The van der Waals surface area contributed by atoms with Crippen molar-refractivity contribution in [3.8, 4) is 0 Å². The molecule has 0 aromatic heterocycles. The Balaban J connectivity index is 0.959. The maximum Gasteiger partial charge on any atom is 0.217 e. The summed E-state index contributed by atoms with van der Waals surface area (Å²) in [5.41, 5.74) is 5.23. The number of carbonyl (C=O) groups is 1. The van der Waals surface area contributed by atoms with Gasteiger partial charge < -0.3 is 72.0 Å². The highest BCUT2D eigenvalue weighted by Crippen LogP contribution is 2.42. The molecule has 1 amide bonds. The van der Waals surface area contributed by atoms with Crippen LogP contribution in [0, 0.1) is 0 Å².